The van der Waals surface area contributed by atoms with E-state index in [0.29, 0.717) is 32.1 Å². The molecule has 2 aromatic heterocycles. The van der Waals surface area contributed by atoms with E-state index in [0.717, 1.165) is 5.82 Å². The summed E-state index contributed by atoms with van der Waals surface area (Å²) < 4.78 is 24.8. The zero-order valence-corrected chi connectivity index (χ0v) is 17.4. The number of pyridine rings is 2. The Morgan fingerprint density at radius 3 is 2.62 bits per heavy atom. The van der Waals surface area contributed by atoms with Crippen LogP contribution in [0, 0.1) is 5.82 Å². The minimum Gasteiger partial charge on any atom is -0.471 e. The first kappa shape index (κ1) is 21.1. The molecule has 0 N–H and O–H groups in total. The van der Waals surface area contributed by atoms with Crippen LogP contribution in [0.3, 0.4) is 0 Å². The van der Waals surface area contributed by atoms with Gasteiger partial charge in [0.2, 0.25) is 5.88 Å². The Hall–Kier alpha value is -2.61. The summed E-state index contributed by atoms with van der Waals surface area (Å²) in [7, 11) is 0. The third-order valence-electron chi connectivity index (χ3n) is 4.20. The average molecular weight is 423 g/mol. The summed E-state index contributed by atoms with van der Waals surface area (Å²) in [4.78, 5) is 24.4. The number of amides is 1. The second kappa shape index (κ2) is 8.82. The smallest absolute Gasteiger partial charge is 0.410 e. The lowest BCUT2D eigenvalue weighted by Gasteiger charge is -2.36. The molecule has 1 amide bonds. The van der Waals surface area contributed by atoms with E-state index in [-0.39, 0.29) is 23.4 Å². The third-order valence-corrected chi connectivity index (χ3v) is 4.41. The standard InChI is InChI=1S/C20H24ClFN4O3/c1-20(2,3)29-19(27)26-9-7-25(8-10-26)17-5-4-6-18(24-17)28-13-16-15(22)11-14(21)12-23-16/h4-6,11-12H,7-10,13H2,1-3H3. The van der Waals surface area contributed by atoms with Gasteiger partial charge in [-0.05, 0) is 32.9 Å². The Morgan fingerprint density at radius 2 is 1.97 bits per heavy atom. The zero-order valence-electron chi connectivity index (χ0n) is 16.7. The summed E-state index contributed by atoms with van der Waals surface area (Å²) in [6.07, 6.45) is 1.07. The molecule has 0 saturated carbocycles. The molecule has 156 valence electrons. The summed E-state index contributed by atoms with van der Waals surface area (Å²) >= 11 is 5.71. The summed E-state index contributed by atoms with van der Waals surface area (Å²) in [6.45, 7) is 7.84. The molecular weight excluding hydrogens is 399 g/mol. The molecule has 0 aliphatic carbocycles. The molecule has 1 aliphatic heterocycles. The number of piperazine rings is 1. The fraction of sp³-hybridized carbons (Fsp3) is 0.450. The fourth-order valence-corrected chi connectivity index (χ4v) is 2.94. The lowest BCUT2D eigenvalue weighted by atomic mass is 10.2. The minimum absolute atomic E-state index is 0.0497. The molecular formula is C20H24ClFN4O3. The summed E-state index contributed by atoms with van der Waals surface area (Å²) in [5.74, 6) is 0.580. The van der Waals surface area contributed by atoms with Gasteiger partial charge in [-0.3, -0.25) is 4.98 Å². The molecule has 1 fully saturated rings. The first-order valence-electron chi connectivity index (χ1n) is 9.34. The molecule has 7 nitrogen and oxygen atoms in total. The maximum Gasteiger partial charge on any atom is 0.410 e. The van der Waals surface area contributed by atoms with E-state index < -0.39 is 11.4 Å². The van der Waals surface area contributed by atoms with Crippen LogP contribution in [-0.2, 0) is 11.3 Å². The Bertz CT molecular complexity index is 867. The van der Waals surface area contributed by atoms with E-state index in [1.54, 1.807) is 11.0 Å². The highest BCUT2D eigenvalue weighted by Crippen LogP contribution is 2.20. The van der Waals surface area contributed by atoms with Crippen LogP contribution >= 0.6 is 11.6 Å². The van der Waals surface area contributed by atoms with Gasteiger partial charge in [0.1, 0.15) is 29.5 Å². The van der Waals surface area contributed by atoms with Crippen molar-refractivity contribution < 1.29 is 18.7 Å². The minimum atomic E-state index is -0.521. The SMILES string of the molecule is CC(C)(C)OC(=O)N1CCN(c2cccc(OCc3ncc(Cl)cc3F)n2)CC1. The molecule has 9 heteroatoms. The van der Waals surface area contributed by atoms with Gasteiger partial charge in [-0.15, -0.1) is 0 Å². The summed E-state index contributed by atoms with van der Waals surface area (Å²) in [5, 5.41) is 0.233. The quantitative estimate of drug-likeness (QED) is 0.744. The predicted octanol–water partition coefficient (Wildman–Crippen LogP) is 3.91. The van der Waals surface area contributed by atoms with Gasteiger partial charge in [-0.1, -0.05) is 17.7 Å². The van der Waals surface area contributed by atoms with Crippen LogP contribution in [0.25, 0.3) is 0 Å². The number of nitrogens with zero attached hydrogens (tertiary/aromatic N) is 4. The maximum absolute atomic E-state index is 13.8. The topological polar surface area (TPSA) is 67.8 Å². The van der Waals surface area contributed by atoms with Crippen LogP contribution in [-0.4, -0.2) is 52.7 Å². The molecule has 0 bridgehead atoms. The number of ether oxygens (including phenoxy) is 2. The second-order valence-electron chi connectivity index (χ2n) is 7.66. The van der Waals surface area contributed by atoms with E-state index in [1.807, 2.05) is 32.9 Å². The van der Waals surface area contributed by atoms with Gasteiger partial charge in [-0.2, -0.15) is 4.98 Å². The Labute approximate surface area is 174 Å². The molecule has 0 radical (unpaired) electrons. The van der Waals surface area contributed by atoms with Gasteiger partial charge >= 0.3 is 6.09 Å². The number of hydrogen-bond donors (Lipinski definition) is 0. The number of carbonyl (C=O) groups is 1. The van der Waals surface area contributed by atoms with Gasteiger partial charge in [0.05, 0.1) is 5.02 Å². The van der Waals surface area contributed by atoms with E-state index in [1.165, 1.54) is 12.3 Å². The monoisotopic (exact) mass is 422 g/mol. The first-order valence-corrected chi connectivity index (χ1v) is 9.72. The van der Waals surface area contributed by atoms with Crippen molar-refractivity contribution in [1.29, 1.82) is 0 Å². The number of rotatable bonds is 4. The molecule has 2 aromatic rings. The number of anilines is 1. The van der Waals surface area contributed by atoms with Crippen molar-refractivity contribution in [1.82, 2.24) is 14.9 Å². The molecule has 1 aliphatic rings. The summed E-state index contributed by atoms with van der Waals surface area (Å²) in [6, 6.07) is 6.59. The van der Waals surface area contributed by atoms with Crippen molar-refractivity contribution in [3.63, 3.8) is 0 Å². The maximum atomic E-state index is 13.8. The molecule has 0 atom stereocenters. The lowest BCUT2D eigenvalue weighted by molar-refractivity contribution is 0.0240. The van der Waals surface area contributed by atoms with Crippen LogP contribution in [0.15, 0.2) is 30.5 Å². The molecule has 1 saturated heterocycles. The molecule has 0 spiro atoms. The number of hydrogen-bond acceptors (Lipinski definition) is 6. The predicted molar refractivity (Wildman–Crippen MR) is 108 cm³/mol. The van der Waals surface area contributed by atoms with Gasteiger partial charge < -0.3 is 19.3 Å². The van der Waals surface area contributed by atoms with Crippen molar-refractivity contribution in [2.24, 2.45) is 0 Å². The largest absolute Gasteiger partial charge is 0.471 e. The third kappa shape index (κ3) is 5.93. The van der Waals surface area contributed by atoms with Crippen LogP contribution in [0.5, 0.6) is 5.88 Å². The molecule has 0 aromatic carbocycles. The van der Waals surface area contributed by atoms with Crippen molar-refractivity contribution >= 4 is 23.5 Å². The zero-order chi connectivity index (χ0) is 21.0. The Balaban J connectivity index is 1.57. The van der Waals surface area contributed by atoms with Crippen LogP contribution < -0.4 is 9.64 Å². The van der Waals surface area contributed by atoms with Crippen molar-refractivity contribution in [3.8, 4) is 5.88 Å². The average Bonchev–Trinajstić information content (AvgIpc) is 2.66. The van der Waals surface area contributed by atoms with E-state index in [2.05, 4.69) is 14.9 Å². The van der Waals surface area contributed by atoms with Gasteiger partial charge in [0, 0.05) is 38.4 Å². The molecule has 3 heterocycles. The van der Waals surface area contributed by atoms with Crippen molar-refractivity contribution in [2.75, 3.05) is 31.1 Å². The first-order chi connectivity index (χ1) is 13.7. The number of aromatic nitrogens is 2. The van der Waals surface area contributed by atoms with Gasteiger partial charge in [0.25, 0.3) is 0 Å². The number of halogens is 2. The normalized spacial score (nSPS) is 14.7. The lowest BCUT2D eigenvalue weighted by Crippen LogP contribution is -2.50. The Morgan fingerprint density at radius 1 is 1.24 bits per heavy atom. The Kier molecular flexibility index (Phi) is 6.42. The number of carbonyl (C=O) groups excluding carboxylic acids is 1. The molecule has 3 rings (SSSR count). The molecule has 29 heavy (non-hydrogen) atoms. The van der Waals surface area contributed by atoms with Gasteiger partial charge in [-0.25, -0.2) is 9.18 Å². The highest BCUT2D eigenvalue weighted by atomic mass is 35.5. The highest BCUT2D eigenvalue weighted by Gasteiger charge is 2.26. The fourth-order valence-electron chi connectivity index (χ4n) is 2.80. The van der Waals surface area contributed by atoms with Crippen LogP contribution in [0.2, 0.25) is 5.02 Å². The van der Waals surface area contributed by atoms with Crippen molar-refractivity contribution in [2.45, 2.75) is 33.0 Å². The molecule has 0 unspecified atom stereocenters. The van der Waals surface area contributed by atoms with Crippen LogP contribution in [0.1, 0.15) is 26.5 Å². The van der Waals surface area contributed by atoms with Crippen molar-refractivity contribution in [3.05, 3.63) is 47.0 Å². The second-order valence-corrected chi connectivity index (χ2v) is 8.10. The van der Waals surface area contributed by atoms with E-state index >= 15 is 0 Å². The van der Waals surface area contributed by atoms with Gasteiger partial charge in [0.15, 0.2) is 0 Å². The van der Waals surface area contributed by atoms with Crippen LogP contribution in [0.4, 0.5) is 15.0 Å². The van der Waals surface area contributed by atoms with E-state index in [9.17, 15) is 9.18 Å². The van der Waals surface area contributed by atoms with E-state index in [4.69, 9.17) is 21.1 Å². The highest BCUT2D eigenvalue weighted by molar-refractivity contribution is 6.30. The summed E-state index contributed by atoms with van der Waals surface area (Å²) in [5.41, 5.74) is -0.354.